The molecule has 0 aliphatic heterocycles. The van der Waals surface area contributed by atoms with Crippen LogP contribution in [-0.2, 0) is 0 Å². The zero-order chi connectivity index (χ0) is 15.4. The van der Waals surface area contributed by atoms with Crippen LogP contribution in [0.15, 0.2) is 46.9 Å². The van der Waals surface area contributed by atoms with Gasteiger partial charge in [-0.1, -0.05) is 38.1 Å². The second kappa shape index (κ2) is 7.05. The molecule has 0 atom stereocenters. The van der Waals surface area contributed by atoms with E-state index >= 15 is 0 Å². The second-order valence-electron chi connectivity index (χ2n) is 5.30. The van der Waals surface area contributed by atoms with Crippen LogP contribution in [0.2, 0.25) is 0 Å². The van der Waals surface area contributed by atoms with Gasteiger partial charge in [0, 0.05) is 10.2 Å². The molecule has 0 bridgehead atoms. The maximum absolute atomic E-state index is 5.41. The summed E-state index contributed by atoms with van der Waals surface area (Å²) in [4.78, 5) is 0. The first kappa shape index (κ1) is 16.0. The van der Waals surface area contributed by atoms with Gasteiger partial charge in [-0.3, -0.25) is 0 Å². The second-order valence-corrected chi connectivity index (χ2v) is 6.57. The lowest BCUT2D eigenvalue weighted by Crippen LogP contribution is -2.20. The van der Waals surface area contributed by atoms with Crippen molar-refractivity contribution in [2.45, 2.75) is 26.7 Å². The Hall–Kier alpha value is -1.39. The Balaban J connectivity index is 2.12. The largest absolute Gasteiger partial charge is 0.332 e. The summed E-state index contributed by atoms with van der Waals surface area (Å²) >= 11 is 8.96. The van der Waals surface area contributed by atoms with E-state index in [1.807, 2.05) is 24.3 Å². The monoisotopic (exact) mass is 362 g/mol. The summed E-state index contributed by atoms with van der Waals surface area (Å²) in [5, 5.41) is 7.10. The minimum atomic E-state index is 0.447. The molecule has 2 nitrogen and oxygen atoms in total. The zero-order valence-electron chi connectivity index (χ0n) is 12.4. The molecule has 2 aromatic carbocycles. The van der Waals surface area contributed by atoms with Crippen molar-refractivity contribution in [2.75, 3.05) is 10.6 Å². The van der Waals surface area contributed by atoms with Crippen LogP contribution in [-0.4, -0.2) is 5.11 Å². The lowest BCUT2D eigenvalue weighted by molar-refractivity contribution is 0.869. The lowest BCUT2D eigenvalue weighted by Gasteiger charge is -2.16. The molecule has 0 spiro atoms. The zero-order valence-corrected chi connectivity index (χ0v) is 14.8. The van der Waals surface area contributed by atoms with Gasteiger partial charge in [0.2, 0.25) is 0 Å². The number of rotatable bonds is 3. The number of benzene rings is 2. The number of halogens is 1. The predicted octanol–water partition coefficient (Wildman–Crippen LogP) is 5.69. The number of hydrogen-bond acceptors (Lipinski definition) is 1. The Morgan fingerprint density at radius 1 is 1.05 bits per heavy atom. The van der Waals surface area contributed by atoms with Gasteiger partial charge in [-0.15, -0.1) is 0 Å². The van der Waals surface area contributed by atoms with Crippen molar-refractivity contribution in [3.63, 3.8) is 0 Å². The molecule has 0 saturated heterocycles. The van der Waals surface area contributed by atoms with Crippen LogP contribution >= 0.6 is 28.1 Å². The number of para-hydroxylation sites is 1. The van der Waals surface area contributed by atoms with Gasteiger partial charge in [-0.2, -0.15) is 0 Å². The molecule has 4 heteroatoms. The summed E-state index contributed by atoms with van der Waals surface area (Å²) in [6.45, 7) is 6.41. The minimum absolute atomic E-state index is 0.447. The summed E-state index contributed by atoms with van der Waals surface area (Å²) in [7, 11) is 0. The predicted molar refractivity (Wildman–Crippen MR) is 99.3 cm³/mol. The summed E-state index contributed by atoms with van der Waals surface area (Å²) in [6, 6.07) is 14.4. The summed E-state index contributed by atoms with van der Waals surface area (Å²) in [5.41, 5.74) is 4.47. The van der Waals surface area contributed by atoms with Crippen molar-refractivity contribution < 1.29 is 0 Å². The van der Waals surface area contributed by atoms with Crippen molar-refractivity contribution in [1.82, 2.24) is 0 Å². The van der Waals surface area contributed by atoms with E-state index in [-0.39, 0.29) is 0 Å². The molecule has 0 unspecified atom stereocenters. The van der Waals surface area contributed by atoms with Gasteiger partial charge in [-0.05, 0) is 70.3 Å². The van der Waals surface area contributed by atoms with Gasteiger partial charge in [0.25, 0.3) is 0 Å². The highest BCUT2D eigenvalue weighted by Crippen LogP contribution is 2.26. The number of nitrogens with one attached hydrogen (secondary N) is 2. The molecule has 110 valence electrons. The van der Waals surface area contributed by atoms with Gasteiger partial charge in [-0.25, -0.2) is 0 Å². The van der Waals surface area contributed by atoms with E-state index in [0.29, 0.717) is 11.0 Å². The third-order valence-electron chi connectivity index (χ3n) is 3.20. The maximum Gasteiger partial charge on any atom is 0.175 e. The first-order valence-electron chi connectivity index (χ1n) is 6.90. The average molecular weight is 363 g/mol. The molecule has 21 heavy (non-hydrogen) atoms. The van der Waals surface area contributed by atoms with Gasteiger partial charge in [0.05, 0.1) is 5.69 Å². The Kier molecular flexibility index (Phi) is 5.37. The lowest BCUT2D eigenvalue weighted by atomic mass is 10.0. The van der Waals surface area contributed by atoms with Crippen LogP contribution in [0.3, 0.4) is 0 Å². The van der Waals surface area contributed by atoms with Gasteiger partial charge in [0.1, 0.15) is 0 Å². The third-order valence-corrected chi connectivity index (χ3v) is 4.06. The summed E-state index contributed by atoms with van der Waals surface area (Å²) in [6.07, 6.45) is 0. The van der Waals surface area contributed by atoms with Crippen LogP contribution in [0.4, 0.5) is 11.4 Å². The van der Waals surface area contributed by atoms with Crippen molar-refractivity contribution in [1.29, 1.82) is 0 Å². The molecule has 2 aromatic rings. The quantitative estimate of drug-likeness (QED) is 0.685. The van der Waals surface area contributed by atoms with E-state index < -0.39 is 0 Å². The number of anilines is 2. The summed E-state index contributed by atoms with van der Waals surface area (Å²) in [5.74, 6) is 0.447. The highest BCUT2D eigenvalue weighted by molar-refractivity contribution is 9.10. The molecule has 0 saturated carbocycles. The SMILES string of the molecule is Cc1ccc(NC(=S)Nc2ccccc2C(C)C)c(Br)c1. The van der Waals surface area contributed by atoms with Gasteiger partial charge in [0.15, 0.2) is 5.11 Å². The van der Waals surface area contributed by atoms with Crippen molar-refractivity contribution in [3.8, 4) is 0 Å². The van der Waals surface area contributed by atoms with Gasteiger partial charge >= 0.3 is 0 Å². The maximum atomic E-state index is 5.41. The normalized spacial score (nSPS) is 10.5. The number of hydrogen-bond donors (Lipinski definition) is 2. The molecule has 0 aliphatic carbocycles. The van der Waals surface area contributed by atoms with Crippen molar-refractivity contribution in [3.05, 3.63) is 58.1 Å². The van der Waals surface area contributed by atoms with E-state index in [1.165, 1.54) is 11.1 Å². The van der Waals surface area contributed by atoms with Crippen LogP contribution < -0.4 is 10.6 Å². The first-order valence-corrected chi connectivity index (χ1v) is 8.10. The molecule has 0 aliphatic rings. The van der Waals surface area contributed by atoms with Crippen LogP contribution in [0.5, 0.6) is 0 Å². The highest BCUT2D eigenvalue weighted by atomic mass is 79.9. The van der Waals surface area contributed by atoms with Crippen LogP contribution in [0.25, 0.3) is 0 Å². The fourth-order valence-corrected chi connectivity index (χ4v) is 2.92. The molecule has 0 fully saturated rings. The van der Waals surface area contributed by atoms with E-state index in [0.717, 1.165) is 15.8 Å². The number of aryl methyl sites for hydroxylation is 1. The summed E-state index contributed by atoms with van der Waals surface area (Å²) < 4.78 is 1.00. The number of thiocarbonyl (C=S) groups is 1. The Bertz CT molecular complexity index is 653. The van der Waals surface area contributed by atoms with Crippen LogP contribution in [0, 0.1) is 6.92 Å². The van der Waals surface area contributed by atoms with E-state index in [4.69, 9.17) is 12.2 Å². The van der Waals surface area contributed by atoms with Crippen molar-refractivity contribution in [2.24, 2.45) is 0 Å². The van der Waals surface area contributed by atoms with E-state index in [9.17, 15) is 0 Å². The minimum Gasteiger partial charge on any atom is -0.332 e. The van der Waals surface area contributed by atoms with E-state index in [2.05, 4.69) is 65.5 Å². The standard InChI is InChI=1S/C17H19BrN2S/c1-11(2)13-6-4-5-7-15(13)19-17(21)20-16-9-8-12(3)10-14(16)18/h4-11H,1-3H3,(H2,19,20,21). The molecule has 0 aromatic heterocycles. The molecular formula is C17H19BrN2S. The Labute approximate surface area is 140 Å². The van der Waals surface area contributed by atoms with Crippen molar-refractivity contribution >= 4 is 44.6 Å². The van der Waals surface area contributed by atoms with Crippen LogP contribution in [0.1, 0.15) is 30.9 Å². The average Bonchev–Trinajstić information content (AvgIpc) is 2.42. The smallest absolute Gasteiger partial charge is 0.175 e. The molecule has 0 amide bonds. The molecule has 2 N–H and O–H groups in total. The highest BCUT2D eigenvalue weighted by Gasteiger charge is 2.08. The molecule has 2 rings (SSSR count). The topological polar surface area (TPSA) is 24.1 Å². The Morgan fingerprint density at radius 2 is 1.71 bits per heavy atom. The molecular weight excluding hydrogens is 344 g/mol. The fraction of sp³-hybridized carbons (Fsp3) is 0.235. The first-order chi connectivity index (χ1) is 9.97. The van der Waals surface area contributed by atoms with E-state index in [1.54, 1.807) is 0 Å². The van der Waals surface area contributed by atoms with Gasteiger partial charge < -0.3 is 10.6 Å². The Morgan fingerprint density at radius 3 is 2.38 bits per heavy atom. The fourth-order valence-electron chi connectivity index (χ4n) is 2.11. The third kappa shape index (κ3) is 4.29. The molecule has 0 heterocycles. The molecule has 0 radical (unpaired) electrons.